The highest BCUT2D eigenvalue weighted by atomic mass is 16.6. The summed E-state index contributed by atoms with van der Waals surface area (Å²) in [5.41, 5.74) is 0. The fraction of sp³-hybridized carbons (Fsp3) is 0.444. The Morgan fingerprint density at radius 2 is 1.73 bits per heavy atom. The summed E-state index contributed by atoms with van der Waals surface area (Å²) in [5.74, 6) is 10.3. The first-order chi connectivity index (χ1) is 10.6. The van der Waals surface area contributed by atoms with E-state index >= 15 is 0 Å². The molecule has 118 valence electrons. The van der Waals surface area contributed by atoms with Crippen LogP contribution in [0.25, 0.3) is 0 Å². The van der Waals surface area contributed by atoms with Gasteiger partial charge >= 0.3 is 11.9 Å². The molecule has 0 heterocycles. The summed E-state index contributed by atoms with van der Waals surface area (Å²) in [6.07, 6.45) is 8.80. The number of rotatable bonds is 7. The standard InChI is InChI=1S/C18H22O4/c1-4-5-6-7-8-9-10-11-12-13-18(22-17(3)20)14-15-21-16(2)19/h4-5,10-11,18H,12-15H2,1-3H3/b5-4+,11-10+. The molecule has 22 heavy (non-hydrogen) atoms. The summed E-state index contributed by atoms with van der Waals surface area (Å²) in [4.78, 5) is 21.7. The number of hydrogen-bond acceptors (Lipinski definition) is 4. The third-order valence-corrected chi connectivity index (χ3v) is 2.39. The van der Waals surface area contributed by atoms with Crippen molar-refractivity contribution in [1.82, 2.24) is 0 Å². The third kappa shape index (κ3) is 14.0. The van der Waals surface area contributed by atoms with E-state index in [9.17, 15) is 9.59 Å². The van der Waals surface area contributed by atoms with Crippen molar-refractivity contribution < 1.29 is 19.1 Å². The molecule has 0 rings (SSSR count). The quantitative estimate of drug-likeness (QED) is 0.536. The lowest BCUT2D eigenvalue weighted by Crippen LogP contribution is -2.19. The Labute approximate surface area is 132 Å². The number of carbonyl (C=O) groups is 2. The molecular weight excluding hydrogens is 280 g/mol. The van der Waals surface area contributed by atoms with E-state index < -0.39 is 0 Å². The molecule has 0 spiro atoms. The maximum Gasteiger partial charge on any atom is 0.302 e. The summed E-state index contributed by atoms with van der Waals surface area (Å²) in [6, 6.07) is 0. The van der Waals surface area contributed by atoms with E-state index in [4.69, 9.17) is 9.47 Å². The SMILES string of the molecule is C/C=C/C#CC#C/C=C/CCC(CCOC(C)=O)OC(C)=O. The fourth-order valence-corrected chi connectivity index (χ4v) is 1.49. The van der Waals surface area contributed by atoms with E-state index in [1.165, 1.54) is 13.8 Å². The number of esters is 2. The second-order valence-electron chi connectivity index (χ2n) is 4.38. The van der Waals surface area contributed by atoms with Gasteiger partial charge in [-0.15, -0.1) is 0 Å². The van der Waals surface area contributed by atoms with Crippen LogP contribution in [-0.4, -0.2) is 24.6 Å². The Kier molecular flexibility index (Phi) is 12.0. The monoisotopic (exact) mass is 302 g/mol. The molecule has 0 aliphatic heterocycles. The molecule has 4 heteroatoms. The first-order valence-electron chi connectivity index (χ1n) is 7.14. The molecule has 0 bridgehead atoms. The molecule has 0 radical (unpaired) electrons. The Balaban J connectivity index is 4.13. The highest BCUT2D eigenvalue weighted by molar-refractivity contribution is 5.66. The highest BCUT2D eigenvalue weighted by Crippen LogP contribution is 2.08. The molecule has 1 atom stereocenters. The summed E-state index contributed by atoms with van der Waals surface area (Å²) in [6.45, 7) is 4.85. The van der Waals surface area contributed by atoms with Gasteiger partial charge in [-0.2, -0.15) is 0 Å². The lowest BCUT2D eigenvalue weighted by Gasteiger charge is -2.15. The van der Waals surface area contributed by atoms with Gasteiger partial charge in [-0.1, -0.05) is 24.0 Å². The van der Waals surface area contributed by atoms with E-state index in [-0.39, 0.29) is 24.6 Å². The van der Waals surface area contributed by atoms with Gasteiger partial charge in [0.1, 0.15) is 6.10 Å². The van der Waals surface area contributed by atoms with Crippen LogP contribution in [0.2, 0.25) is 0 Å². The Morgan fingerprint density at radius 1 is 1.05 bits per heavy atom. The average molecular weight is 302 g/mol. The van der Waals surface area contributed by atoms with Crippen molar-refractivity contribution >= 4 is 11.9 Å². The van der Waals surface area contributed by atoms with Crippen LogP contribution >= 0.6 is 0 Å². The molecule has 0 aliphatic carbocycles. The van der Waals surface area contributed by atoms with E-state index in [1.807, 2.05) is 19.1 Å². The van der Waals surface area contributed by atoms with Crippen LogP contribution in [0.3, 0.4) is 0 Å². The van der Waals surface area contributed by atoms with Gasteiger partial charge in [0.25, 0.3) is 0 Å². The fourth-order valence-electron chi connectivity index (χ4n) is 1.49. The average Bonchev–Trinajstić information content (AvgIpc) is 2.44. The van der Waals surface area contributed by atoms with Gasteiger partial charge in [0.05, 0.1) is 6.61 Å². The lowest BCUT2D eigenvalue weighted by atomic mass is 10.1. The molecule has 4 nitrogen and oxygen atoms in total. The van der Waals surface area contributed by atoms with Gasteiger partial charge in [0.2, 0.25) is 0 Å². The van der Waals surface area contributed by atoms with Crippen molar-refractivity contribution in [2.75, 3.05) is 6.61 Å². The first-order valence-corrected chi connectivity index (χ1v) is 7.14. The van der Waals surface area contributed by atoms with Crippen molar-refractivity contribution in [2.24, 2.45) is 0 Å². The van der Waals surface area contributed by atoms with Crippen molar-refractivity contribution in [1.29, 1.82) is 0 Å². The second kappa shape index (κ2) is 13.5. The molecule has 0 aromatic carbocycles. The molecule has 0 amide bonds. The number of allylic oxidation sites excluding steroid dienone is 4. The summed E-state index contributed by atoms with van der Waals surface area (Å²) in [5, 5.41) is 0. The summed E-state index contributed by atoms with van der Waals surface area (Å²) in [7, 11) is 0. The minimum atomic E-state index is -0.337. The molecule has 0 aliphatic rings. The zero-order valence-corrected chi connectivity index (χ0v) is 13.3. The van der Waals surface area contributed by atoms with E-state index in [0.29, 0.717) is 12.8 Å². The maximum absolute atomic E-state index is 11.0. The zero-order valence-electron chi connectivity index (χ0n) is 13.3. The van der Waals surface area contributed by atoms with Gasteiger partial charge in [0.15, 0.2) is 0 Å². The van der Waals surface area contributed by atoms with Gasteiger partial charge in [-0.05, 0) is 43.8 Å². The van der Waals surface area contributed by atoms with Crippen molar-refractivity contribution in [2.45, 2.75) is 46.1 Å². The van der Waals surface area contributed by atoms with Gasteiger partial charge in [-0.25, -0.2) is 0 Å². The number of ether oxygens (including phenoxy) is 2. The Hall–Kier alpha value is -2.46. The van der Waals surface area contributed by atoms with Crippen LogP contribution in [-0.2, 0) is 19.1 Å². The highest BCUT2D eigenvalue weighted by Gasteiger charge is 2.11. The molecule has 0 aromatic heterocycles. The normalized spacial score (nSPS) is 11.2. The molecule has 0 aromatic rings. The van der Waals surface area contributed by atoms with Gasteiger partial charge < -0.3 is 9.47 Å². The van der Waals surface area contributed by atoms with Crippen molar-refractivity contribution in [3.05, 3.63) is 24.3 Å². The van der Waals surface area contributed by atoms with Crippen LogP contribution in [0.1, 0.15) is 40.0 Å². The smallest absolute Gasteiger partial charge is 0.302 e. The van der Waals surface area contributed by atoms with Crippen LogP contribution in [0.15, 0.2) is 24.3 Å². The Bertz CT molecular complexity index is 521. The molecular formula is C18H22O4. The summed E-state index contributed by atoms with van der Waals surface area (Å²) < 4.78 is 10.0. The molecule has 0 saturated carbocycles. The minimum Gasteiger partial charge on any atom is -0.466 e. The third-order valence-electron chi connectivity index (χ3n) is 2.39. The molecule has 1 unspecified atom stereocenters. The van der Waals surface area contributed by atoms with E-state index in [2.05, 4.69) is 23.7 Å². The zero-order chi connectivity index (χ0) is 16.6. The van der Waals surface area contributed by atoms with Gasteiger partial charge in [0, 0.05) is 20.3 Å². The number of hydrogen-bond donors (Lipinski definition) is 0. The maximum atomic E-state index is 11.0. The summed E-state index contributed by atoms with van der Waals surface area (Å²) >= 11 is 0. The predicted molar refractivity (Wildman–Crippen MR) is 85.5 cm³/mol. The molecule has 0 fully saturated rings. The number of carbonyl (C=O) groups excluding carboxylic acids is 2. The Morgan fingerprint density at radius 3 is 2.32 bits per heavy atom. The van der Waals surface area contributed by atoms with Crippen LogP contribution in [0.4, 0.5) is 0 Å². The van der Waals surface area contributed by atoms with Crippen LogP contribution in [0, 0.1) is 23.7 Å². The van der Waals surface area contributed by atoms with Crippen LogP contribution < -0.4 is 0 Å². The van der Waals surface area contributed by atoms with E-state index in [1.54, 1.807) is 12.2 Å². The largest absolute Gasteiger partial charge is 0.466 e. The molecule has 0 saturated heterocycles. The first kappa shape index (κ1) is 19.5. The topological polar surface area (TPSA) is 52.6 Å². The minimum absolute atomic E-state index is 0.247. The second-order valence-corrected chi connectivity index (χ2v) is 4.38. The lowest BCUT2D eigenvalue weighted by molar-refractivity contribution is -0.148. The van der Waals surface area contributed by atoms with Crippen LogP contribution in [0.5, 0.6) is 0 Å². The van der Waals surface area contributed by atoms with Crippen molar-refractivity contribution in [3.8, 4) is 23.7 Å². The van der Waals surface area contributed by atoms with E-state index in [0.717, 1.165) is 6.42 Å². The van der Waals surface area contributed by atoms with Gasteiger partial charge in [-0.3, -0.25) is 9.59 Å². The van der Waals surface area contributed by atoms with Crippen molar-refractivity contribution in [3.63, 3.8) is 0 Å². The molecule has 0 N–H and O–H groups in total. The predicted octanol–water partition coefficient (Wildman–Crippen LogP) is 2.79.